The fourth-order valence-corrected chi connectivity index (χ4v) is 2.98. The minimum atomic E-state index is 0.616. The monoisotopic (exact) mass is 308 g/mol. The smallest absolute Gasteiger partial charge is 0.161 e. The van der Waals surface area contributed by atoms with Crippen LogP contribution in [-0.2, 0) is 0 Å². The number of aromatic nitrogens is 2. The topological polar surface area (TPSA) is 36.3 Å². The lowest BCUT2D eigenvalue weighted by molar-refractivity contribution is 0.311. The van der Waals surface area contributed by atoms with Crippen molar-refractivity contribution in [3.05, 3.63) is 42.7 Å². The van der Waals surface area contributed by atoms with E-state index in [-0.39, 0.29) is 0 Å². The maximum absolute atomic E-state index is 5.68. The predicted molar refractivity (Wildman–Crippen MR) is 91.2 cm³/mol. The van der Waals surface area contributed by atoms with Crippen LogP contribution in [-0.4, -0.2) is 23.3 Å². The normalized spacial score (nSPS) is 14.2. The van der Waals surface area contributed by atoms with Gasteiger partial charge in [-0.15, -0.1) is 0 Å². The molecule has 0 bridgehead atoms. The zero-order valence-corrected chi connectivity index (χ0v) is 13.5. The molecule has 2 aromatic carbocycles. The van der Waals surface area contributed by atoms with Gasteiger partial charge in [0, 0.05) is 6.04 Å². The van der Waals surface area contributed by atoms with Gasteiger partial charge < -0.3 is 14.0 Å². The molecule has 1 aliphatic rings. The summed E-state index contributed by atoms with van der Waals surface area (Å²) < 4.78 is 13.3. The number of nitrogens with zero attached hydrogens (tertiary/aromatic N) is 2. The van der Waals surface area contributed by atoms with Gasteiger partial charge in [0.15, 0.2) is 11.5 Å². The van der Waals surface area contributed by atoms with E-state index in [1.807, 2.05) is 25.4 Å². The van der Waals surface area contributed by atoms with Gasteiger partial charge in [0.25, 0.3) is 0 Å². The highest BCUT2D eigenvalue weighted by molar-refractivity contribution is 5.82. The van der Waals surface area contributed by atoms with Gasteiger partial charge in [0.1, 0.15) is 0 Å². The average Bonchev–Trinajstić information content (AvgIpc) is 3.34. The molecule has 1 aromatic heterocycles. The molecule has 3 aromatic rings. The van der Waals surface area contributed by atoms with E-state index in [1.165, 1.54) is 18.4 Å². The number of fused-ring (bicyclic) bond motifs is 1. The highest BCUT2D eigenvalue weighted by atomic mass is 16.5. The zero-order valence-electron chi connectivity index (χ0n) is 13.5. The van der Waals surface area contributed by atoms with E-state index >= 15 is 0 Å². The van der Waals surface area contributed by atoms with Crippen LogP contribution in [0.2, 0.25) is 0 Å². The van der Waals surface area contributed by atoms with Crippen LogP contribution < -0.4 is 9.47 Å². The molecule has 4 nitrogen and oxygen atoms in total. The third-order valence-corrected chi connectivity index (χ3v) is 4.31. The molecule has 0 saturated heterocycles. The average molecular weight is 308 g/mol. The molecule has 4 heteroatoms. The second kappa shape index (κ2) is 5.61. The Balaban J connectivity index is 1.74. The van der Waals surface area contributed by atoms with Gasteiger partial charge in [-0.25, -0.2) is 4.98 Å². The third-order valence-electron chi connectivity index (χ3n) is 4.31. The summed E-state index contributed by atoms with van der Waals surface area (Å²) in [6.07, 6.45) is 4.50. The maximum atomic E-state index is 5.68. The first-order valence-electron chi connectivity index (χ1n) is 8.08. The molecule has 0 N–H and O–H groups in total. The zero-order chi connectivity index (χ0) is 15.8. The molecular formula is C19H20N2O2. The molecule has 0 radical (unpaired) electrons. The van der Waals surface area contributed by atoms with Crippen molar-refractivity contribution in [1.29, 1.82) is 0 Å². The number of imidazole rings is 1. The molecule has 0 atom stereocenters. The van der Waals surface area contributed by atoms with E-state index in [4.69, 9.17) is 9.47 Å². The standard InChI is InChI=1S/C19H20N2O2/c1-3-23-19-11-14(5-9-18(19)22-2)13-4-8-17-16(10-13)20-12-21(17)15-6-7-15/h4-5,8-12,15H,3,6-7H2,1-2H3. The highest BCUT2D eigenvalue weighted by Gasteiger charge is 2.24. The van der Waals surface area contributed by atoms with Crippen molar-refractivity contribution in [2.45, 2.75) is 25.8 Å². The molecule has 1 fully saturated rings. The van der Waals surface area contributed by atoms with Gasteiger partial charge in [-0.05, 0) is 55.2 Å². The van der Waals surface area contributed by atoms with E-state index in [2.05, 4.69) is 33.8 Å². The van der Waals surface area contributed by atoms with E-state index in [1.54, 1.807) is 7.11 Å². The fourth-order valence-electron chi connectivity index (χ4n) is 2.98. The van der Waals surface area contributed by atoms with E-state index in [0.717, 1.165) is 28.1 Å². The summed E-state index contributed by atoms with van der Waals surface area (Å²) in [4.78, 5) is 4.57. The molecule has 1 aliphatic carbocycles. The Morgan fingerprint density at radius 1 is 1.09 bits per heavy atom. The van der Waals surface area contributed by atoms with Gasteiger partial charge in [0.05, 0.1) is 31.1 Å². The van der Waals surface area contributed by atoms with Crippen LogP contribution in [0.3, 0.4) is 0 Å². The summed E-state index contributed by atoms with van der Waals surface area (Å²) in [5.41, 5.74) is 4.51. The maximum Gasteiger partial charge on any atom is 0.161 e. The molecule has 1 saturated carbocycles. The van der Waals surface area contributed by atoms with Crippen molar-refractivity contribution in [2.24, 2.45) is 0 Å². The van der Waals surface area contributed by atoms with Gasteiger partial charge >= 0.3 is 0 Å². The second-order valence-electron chi connectivity index (χ2n) is 5.89. The molecular weight excluding hydrogens is 288 g/mol. The van der Waals surface area contributed by atoms with Crippen molar-refractivity contribution in [1.82, 2.24) is 9.55 Å². The predicted octanol–water partition coefficient (Wildman–Crippen LogP) is 4.45. The van der Waals surface area contributed by atoms with Crippen LogP contribution in [0.1, 0.15) is 25.8 Å². The van der Waals surface area contributed by atoms with Gasteiger partial charge in [0.2, 0.25) is 0 Å². The number of hydrogen-bond donors (Lipinski definition) is 0. The van der Waals surface area contributed by atoms with Crippen LogP contribution in [0, 0.1) is 0 Å². The Morgan fingerprint density at radius 3 is 2.61 bits per heavy atom. The van der Waals surface area contributed by atoms with Gasteiger partial charge in [-0.2, -0.15) is 0 Å². The SMILES string of the molecule is CCOc1cc(-c2ccc3c(c2)ncn3C2CC2)ccc1OC. The second-order valence-corrected chi connectivity index (χ2v) is 5.89. The Labute approximate surface area is 135 Å². The number of benzene rings is 2. The summed E-state index contributed by atoms with van der Waals surface area (Å²) in [6, 6.07) is 13.2. The van der Waals surface area contributed by atoms with Crippen LogP contribution >= 0.6 is 0 Å². The van der Waals surface area contributed by atoms with Crippen LogP contribution in [0.15, 0.2) is 42.7 Å². The number of rotatable bonds is 5. The van der Waals surface area contributed by atoms with E-state index in [9.17, 15) is 0 Å². The van der Waals surface area contributed by atoms with Crippen molar-refractivity contribution < 1.29 is 9.47 Å². The summed E-state index contributed by atoms with van der Waals surface area (Å²) in [7, 11) is 1.66. The Hall–Kier alpha value is -2.49. The number of ether oxygens (including phenoxy) is 2. The number of hydrogen-bond acceptors (Lipinski definition) is 3. The molecule has 118 valence electrons. The summed E-state index contributed by atoms with van der Waals surface area (Å²) in [6.45, 7) is 2.59. The minimum absolute atomic E-state index is 0.616. The molecule has 4 rings (SSSR count). The lowest BCUT2D eigenvalue weighted by atomic mass is 10.0. The van der Waals surface area contributed by atoms with E-state index < -0.39 is 0 Å². The molecule has 0 amide bonds. The van der Waals surface area contributed by atoms with Crippen LogP contribution in [0.25, 0.3) is 22.2 Å². The minimum Gasteiger partial charge on any atom is -0.493 e. The summed E-state index contributed by atoms with van der Waals surface area (Å²) in [5.74, 6) is 1.53. The molecule has 0 aliphatic heterocycles. The van der Waals surface area contributed by atoms with Crippen molar-refractivity contribution in [2.75, 3.05) is 13.7 Å². The quantitative estimate of drug-likeness (QED) is 0.699. The van der Waals surface area contributed by atoms with Gasteiger partial charge in [-0.1, -0.05) is 12.1 Å². The fraction of sp³-hybridized carbons (Fsp3) is 0.316. The van der Waals surface area contributed by atoms with Crippen molar-refractivity contribution in [3.63, 3.8) is 0 Å². The first kappa shape index (κ1) is 14.1. The van der Waals surface area contributed by atoms with Crippen molar-refractivity contribution >= 4 is 11.0 Å². The van der Waals surface area contributed by atoms with Crippen LogP contribution in [0.5, 0.6) is 11.5 Å². The lowest BCUT2D eigenvalue weighted by Gasteiger charge is -2.11. The molecule has 23 heavy (non-hydrogen) atoms. The Kier molecular flexibility index (Phi) is 3.45. The molecule has 0 spiro atoms. The lowest BCUT2D eigenvalue weighted by Crippen LogP contribution is -1.95. The largest absolute Gasteiger partial charge is 0.493 e. The molecule has 0 unspecified atom stereocenters. The van der Waals surface area contributed by atoms with Crippen molar-refractivity contribution in [3.8, 4) is 22.6 Å². The van der Waals surface area contributed by atoms with Crippen LogP contribution in [0.4, 0.5) is 0 Å². The van der Waals surface area contributed by atoms with Gasteiger partial charge in [-0.3, -0.25) is 0 Å². The highest BCUT2D eigenvalue weighted by Crippen LogP contribution is 2.38. The Morgan fingerprint density at radius 2 is 1.87 bits per heavy atom. The summed E-state index contributed by atoms with van der Waals surface area (Å²) >= 11 is 0. The third kappa shape index (κ3) is 2.54. The Bertz CT molecular complexity index is 850. The first-order chi connectivity index (χ1) is 11.3. The number of methoxy groups -OCH3 is 1. The summed E-state index contributed by atoms with van der Waals surface area (Å²) in [5, 5.41) is 0. The molecule has 1 heterocycles. The first-order valence-corrected chi connectivity index (χ1v) is 8.08. The van der Waals surface area contributed by atoms with E-state index in [0.29, 0.717) is 12.6 Å².